The molecule has 0 bridgehead atoms. The molecule has 0 fully saturated rings. The first-order chi connectivity index (χ1) is 7.82. The lowest BCUT2D eigenvalue weighted by Gasteiger charge is -2.22. The number of nitrogens with one attached hydrogen (secondary N) is 1. The molecule has 0 aliphatic carbocycles. The van der Waals surface area contributed by atoms with Gasteiger partial charge in [-0.05, 0) is 13.8 Å². The molecule has 0 radical (unpaired) electrons. The predicted molar refractivity (Wildman–Crippen MR) is 61.1 cm³/mol. The van der Waals surface area contributed by atoms with E-state index in [4.69, 9.17) is 10.9 Å². The van der Waals surface area contributed by atoms with E-state index in [-0.39, 0.29) is 10.7 Å². The first kappa shape index (κ1) is 13.5. The van der Waals surface area contributed by atoms with Gasteiger partial charge in [0.2, 0.25) is 10.0 Å². The number of hydrogen-bond acceptors (Lipinski definition) is 5. The summed E-state index contributed by atoms with van der Waals surface area (Å²) in [6, 6.07) is -0.751. The van der Waals surface area contributed by atoms with Crippen LogP contribution in [-0.4, -0.2) is 47.1 Å². The summed E-state index contributed by atoms with van der Waals surface area (Å²) in [5, 5.41) is 17.5. The molecule has 17 heavy (non-hydrogen) atoms. The van der Waals surface area contributed by atoms with Crippen molar-refractivity contribution in [1.82, 2.24) is 14.5 Å². The van der Waals surface area contributed by atoms with Gasteiger partial charge in [-0.15, -0.1) is 0 Å². The number of amidine groups is 1. The van der Waals surface area contributed by atoms with Crippen LogP contribution in [0.5, 0.6) is 0 Å². The van der Waals surface area contributed by atoms with E-state index < -0.39 is 16.1 Å². The topological polar surface area (TPSA) is 125 Å². The summed E-state index contributed by atoms with van der Waals surface area (Å²) in [5.74, 6) is -0.183. The molecule has 0 aliphatic rings. The highest BCUT2D eigenvalue weighted by Gasteiger charge is 2.29. The minimum Gasteiger partial charge on any atom is -0.409 e. The molecule has 1 aromatic rings. The first-order valence-electron chi connectivity index (χ1n) is 4.77. The predicted octanol–water partition coefficient (Wildman–Crippen LogP) is -0.526. The number of nitrogens with two attached hydrogens (primary N) is 1. The van der Waals surface area contributed by atoms with Gasteiger partial charge in [0, 0.05) is 7.05 Å². The quantitative estimate of drug-likeness (QED) is 0.291. The number of nitrogens with zero attached hydrogens (tertiary/aromatic N) is 3. The van der Waals surface area contributed by atoms with E-state index in [1.54, 1.807) is 6.92 Å². The molecule has 1 rings (SSSR count). The molecular weight excluding hydrogens is 246 g/mol. The van der Waals surface area contributed by atoms with Gasteiger partial charge < -0.3 is 10.9 Å². The third-order valence-corrected chi connectivity index (χ3v) is 4.57. The number of aryl methyl sites for hydroxylation is 1. The van der Waals surface area contributed by atoms with Crippen LogP contribution in [0.3, 0.4) is 0 Å². The maximum Gasteiger partial charge on any atom is 0.246 e. The Labute approximate surface area is 99.2 Å². The Kier molecular flexibility index (Phi) is 3.73. The third-order valence-electron chi connectivity index (χ3n) is 2.53. The lowest BCUT2D eigenvalue weighted by atomic mass is 10.3. The highest BCUT2D eigenvalue weighted by Crippen LogP contribution is 2.18. The highest BCUT2D eigenvalue weighted by atomic mass is 32.2. The minimum absolute atomic E-state index is 0.0672. The second-order valence-corrected chi connectivity index (χ2v) is 5.55. The molecular formula is C8H15N5O3S. The average Bonchev–Trinajstić information content (AvgIpc) is 2.72. The number of rotatable bonds is 4. The van der Waals surface area contributed by atoms with E-state index in [0.29, 0.717) is 5.69 Å². The zero-order valence-corrected chi connectivity index (χ0v) is 10.6. The van der Waals surface area contributed by atoms with Crippen molar-refractivity contribution in [2.45, 2.75) is 24.8 Å². The van der Waals surface area contributed by atoms with Crippen LogP contribution >= 0.6 is 0 Å². The van der Waals surface area contributed by atoms with Gasteiger partial charge in [0.1, 0.15) is 4.90 Å². The standard InChI is InChI=1S/C8H15N5O3S/c1-5-7(4-10-11-5)17(15,16)13(3)6(2)8(9)12-14/h4,6,14H,1-3H3,(H2,9,12)(H,10,11). The van der Waals surface area contributed by atoms with Gasteiger partial charge in [-0.1, -0.05) is 5.16 Å². The SMILES string of the molecule is Cc1[nH]ncc1S(=O)(=O)N(C)C(C)C(N)=NO. The summed E-state index contributed by atoms with van der Waals surface area (Å²) in [4.78, 5) is 0.0672. The number of likely N-dealkylation sites (N-methyl/N-ethyl adjacent to an activating group) is 1. The molecule has 0 amide bonds. The smallest absolute Gasteiger partial charge is 0.246 e. The van der Waals surface area contributed by atoms with E-state index in [1.165, 1.54) is 20.2 Å². The van der Waals surface area contributed by atoms with Crippen LogP contribution in [0, 0.1) is 6.92 Å². The maximum atomic E-state index is 12.1. The summed E-state index contributed by atoms with van der Waals surface area (Å²) < 4.78 is 25.3. The molecule has 0 aromatic carbocycles. The second-order valence-electron chi connectivity index (χ2n) is 3.58. The summed E-state index contributed by atoms with van der Waals surface area (Å²) in [6.07, 6.45) is 1.22. The Morgan fingerprint density at radius 1 is 1.71 bits per heavy atom. The summed E-state index contributed by atoms with van der Waals surface area (Å²) in [6.45, 7) is 3.11. The molecule has 8 nitrogen and oxygen atoms in total. The molecule has 0 saturated heterocycles. The Morgan fingerprint density at radius 2 is 2.29 bits per heavy atom. The molecule has 96 valence electrons. The molecule has 1 unspecified atom stereocenters. The van der Waals surface area contributed by atoms with E-state index in [0.717, 1.165) is 4.31 Å². The molecule has 9 heteroatoms. The largest absolute Gasteiger partial charge is 0.409 e. The van der Waals surface area contributed by atoms with Crippen molar-refractivity contribution >= 4 is 15.9 Å². The van der Waals surface area contributed by atoms with Gasteiger partial charge in [-0.3, -0.25) is 5.10 Å². The van der Waals surface area contributed by atoms with Crippen molar-refractivity contribution in [3.8, 4) is 0 Å². The number of oxime groups is 1. The van der Waals surface area contributed by atoms with Gasteiger partial charge in [0.05, 0.1) is 17.9 Å². The van der Waals surface area contributed by atoms with E-state index >= 15 is 0 Å². The van der Waals surface area contributed by atoms with Crippen molar-refractivity contribution in [2.24, 2.45) is 10.9 Å². The van der Waals surface area contributed by atoms with E-state index in [1.807, 2.05) is 0 Å². The van der Waals surface area contributed by atoms with Crippen molar-refractivity contribution in [2.75, 3.05) is 7.05 Å². The van der Waals surface area contributed by atoms with Crippen LogP contribution in [-0.2, 0) is 10.0 Å². The lowest BCUT2D eigenvalue weighted by molar-refractivity contribution is 0.311. The zero-order chi connectivity index (χ0) is 13.2. The Hall–Kier alpha value is -1.61. The van der Waals surface area contributed by atoms with Gasteiger partial charge >= 0.3 is 0 Å². The van der Waals surface area contributed by atoms with Gasteiger partial charge in [0.15, 0.2) is 5.84 Å². The maximum absolute atomic E-state index is 12.1. The average molecular weight is 261 g/mol. The third kappa shape index (κ3) is 2.39. The Morgan fingerprint density at radius 3 is 2.71 bits per heavy atom. The number of sulfonamides is 1. The van der Waals surface area contributed by atoms with E-state index in [9.17, 15) is 8.42 Å². The summed E-state index contributed by atoms with van der Waals surface area (Å²) >= 11 is 0. The number of hydrogen-bond donors (Lipinski definition) is 3. The summed E-state index contributed by atoms with van der Waals surface area (Å²) in [5.41, 5.74) is 5.81. The molecule has 0 aliphatic heterocycles. The van der Waals surface area contributed by atoms with Crippen LogP contribution in [0.4, 0.5) is 0 Å². The molecule has 4 N–H and O–H groups in total. The fourth-order valence-corrected chi connectivity index (χ4v) is 2.69. The second kappa shape index (κ2) is 4.72. The van der Waals surface area contributed by atoms with Crippen LogP contribution in [0.15, 0.2) is 16.2 Å². The lowest BCUT2D eigenvalue weighted by Crippen LogP contribution is -2.43. The van der Waals surface area contributed by atoms with Crippen molar-refractivity contribution in [3.05, 3.63) is 11.9 Å². The normalized spacial score (nSPS) is 15.2. The molecule has 0 spiro atoms. The monoisotopic (exact) mass is 261 g/mol. The van der Waals surface area contributed by atoms with Crippen molar-refractivity contribution in [1.29, 1.82) is 0 Å². The van der Waals surface area contributed by atoms with Crippen LogP contribution in [0.25, 0.3) is 0 Å². The fourth-order valence-electron chi connectivity index (χ4n) is 1.23. The number of aromatic amines is 1. The van der Waals surface area contributed by atoms with Crippen molar-refractivity contribution < 1.29 is 13.6 Å². The summed E-state index contributed by atoms with van der Waals surface area (Å²) in [7, 11) is -2.36. The van der Waals surface area contributed by atoms with Gasteiger partial charge in [-0.25, -0.2) is 8.42 Å². The molecule has 0 saturated carbocycles. The van der Waals surface area contributed by atoms with Crippen LogP contribution in [0.1, 0.15) is 12.6 Å². The van der Waals surface area contributed by atoms with E-state index in [2.05, 4.69) is 15.4 Å². The fraction of sp³-hybridized carbons (Fsp3) is 0.500. The Bertz CT molecular complexity index is 521. The molecule has 1 heterocycles. The highest BCUT2D eigenvalue weighted by molar-refractivity contribution is 7.89. The van der Waals surface area contributed by atoms with Gasteiger partial charge in [0.25, 0.3) is 0 Å². The van der Waals surface area contributed by atoms with Crippen molar-refractivity contribution in [3.63, 3.8) is 0 Å². The number of aromatic nitrogens is 2. The van der Waals surface area contributed by atoms with Crippen LogP contribution in [0.2, 0.25) is 0 Å². The Balaban J connectivity index is 3.12. The minimum atomic E-state index is -3.71. The molecule has 1 aromatic heterocycles. The van der Waals surface area contributed by atoms with Gasteiger partial charge in [-0.2, -0.15) is 9.40 Å². The number of H-pyrrole nitrogens is 1. The zero-order valence-electron chi connectivity index (χ0n) is 9.75. The molecule has 1 atom stereocenters. The first-order valence-corrected chi connectivity index (χ1v) is 6.21. The van der Waals surface area contributed by atoms with Crippen LogP contribution < -0.4 is 5.73 Å².